The summed E-state index contributed by atoms with van der Waals surface area (Å²) in [5.41, 5.74) is 5.57. The van der Waals surface area contributed by atoms with Crippen molar-refractivity contribution >= 4 is 22.9 Å². The molecular formula is C27H24N2O3. The normalized spacial score (nSPS) is 11.9. The zero-order valence-electron chi connectivity index (χ0n) is 18.0. The lowest BCUT2D eigenvalue weighted by atomic mass is 10.0. The number of amides is 1. The lowest BCUT2D eigenvalue weighted by Gasteiger charge is -2.13. The molecule has 5 nitrogen and oxygen atoms in total. The molecule has 4 aromatic rings. The highest BCUT2D eigenvalue weighted by molar-refractivity contribution is 6.02. The molecule has 0 spiro atoms. The smallest absolute Gasteiger partial charge is 0.280 e. The molecule has 1 atom stereocenters. The van der Waals surface area contributed by atoms with Gasteiger partial charge < -0.3 is 9.47 Å². The Morgan fingerprint density at radius 2 is 1.56 bits per heavy atom. The van der Waals surface area contributed by atoms with Gasteiger partial charge in [0.05, 0.1) is 13.3 Å². The molecule has 1 amide bonds. The van der Waals surface area contributed by atoms with Crippen molar-refractivity contribution in [3.63, 3.8) is 0 Å². The highest BCUT2D eigenvalue weighted by Crippen LogP contribution is 2.26. The molecule has 1 N–H and O–H groups in total. The molecule has 4 rings (SSSR count). The molecule has 0 fully saturated rings. The molecule has 4 aromatic carbocycles. The maximum absolute atomic E-state index is 12.5. The molecule has 160 valence electrons. The van der Waals surface area contributed by atoms with Crippen LogP contribution in [0.4, 0.5) is 0 Å². The number of nitrogens with zero attached hydrogens (tertiary/aromatic N) is 1. The summed E-state index contributed by atoms with van der Waals surface area (Å²) in [5, 5.41) is 6.19. The second-order valence-corrected chi connectivity index (χ2v) is 7.29. The first-order valence-electron chi connectivity index (χ1n) is 10.4. The van der Waals surface area contributed by atoms with Crippen molar-refractivity contribution in [1.29, 1.82) is 0 Å². The van der Waals surface area contributed by atoms with Crippen LogP contribution in [0.1, 0.15) is 12.5 Å². The molecule has 0 heterocycles. The Balaban J connectivity index is 1.40. The van der Waals surface area contributed by atoms with Crippen molar-refractivity contribution in [2.45, 2.75) is 13.0 Å². The Hall–Kier alpha value is -4.12. The van der Waals surface area contributed by atoms with Gasteiger partial charge in [0.15, 0.2) is 6.10 Å². The molecule has 0 bridgehead atoms. The van der Waals surface area contributed by atoms with Gasteiger partial charge in [0, 0.05) is 5.56 Å². The third kappa shape index (κ3) is 4.78. The maximum atomic E-state index is 12.5. The molecular weight excluding hydrogens is 400 g/mol. The fourth-order valence-electron chi connectivity index (χ4n) is 3.45. The van der Waals surface area contributed by atoms with Crippen LogP contribution >= 0.6 is 0 Å². The third-order valence-corrected chi connectivity index (χ3v) is 5.16. The van der Waals surface area contributed by atoms with E-state index < -0.39 is 6.10 Å². The number of nitrogens with one attached hydrogen (secondary N) is 1. The number of ether oxygens (including phenoxy) is 2. The predicted molar refractivity (Wildman–Crippen MR) is 128 cm³/mol. The zero-order valence-corrected chi connectivity index (χ0v) is 18.0. The van der Waals surface area contributed by atoms with Gasteiger partial charge in [0.2, 0.25) is 0 Å². The van der Waals surface area contributed by atoms with E-state index in [1.165, 1.54) is 0 Å². The standard InChI is InChI=1S/C27H24N2O3/c1-19(32-23-15-12-21(13-16-23)20-8-4-3-5-9-20)27(30)29-28-18-25-24-11-7-6-10-22(24)14-17-26(25)31-2/h3-19H,1-2H3,(H,29,30)/b28-18-/t19-/m0/s1. The summed E-state index contributed by atoms with van der Waals surface area (Å²) in [6, 6.07) is 29.6. The van der Waals surface area contributed by atoms with E-state index in [1.807, 2.05) is 78.9 Å². The summed E-state index contributed by atoms with van der Waals surface area (Å²) in [7, 11) is 1.61. The van der Waals surface area contributed by atoms with Crippen molar-refractivity contribution in [1.82, 2.24) is 5.43 Å². The first-order valence-corrected chi connectivity index (χ1v) is 10.4. The van der Waals surface area contributed by atoms with Crippen molar-refractivity contribution < 1.29 is 14.3 Å². The van der Waals surface area contributed by atoms with Crippen molar-refractivity contribution in [2.24, 2.45) is 5.10 Å². The Labute approximate surface area is 187 Å². The minimum Gasteiger partial charge on any atom is -0.496 e. The number of hydrazone groups is 1. The molecule has 0 unspecified atom stereocenters. The van der Waals surface area contributed by atoms with Gasteiger partial charge in [-0.05, 0) is 47.0 Å². The Kier molecular flexibility index (Phi) is 6.46. The van der Waals surface area contributed by atoms with E-state index in [0.717, 1.165) is 27.5 Å². The van der Waals surface area contributed by atoms with Crippen LogP contribution in [0.25, 0.3) is 21.9 Å². The maximum Gasteiger partial charge on any atom is 0.280 e. The molecule has 0 aliphatic heterocycles. The van der Waals surface area contributed by atoms with Crippen LogP contribution in [0.3, 0.4) is 0 Å². The number of carbonyl (C=O) groups excluding carboxylic acids is 1. The monoisotopic (exact) mass is 424 g/mol. The van der Waals surface area contributed by atoms with Gasteiger partial charge in [-0.1, -0.05) is 72.8 Å². The summed E-state index contributed by atoms with van der Waals surface area (Å²) in [6.45, 7) is 1.69. The minimum absolute atomic E-state index is 0.340. The van der Waals surface area contributed by atoms with Gasteiger partial charge in [0.1, 0.15) is 11.5 Å². The highest BCUT2D eigenvalue weighted by atomic mass is 16.5. The highest BCUT2D eigenvalue weighted by Gasteiger charge is 2.14. The third-order valence-electron chi connectivity index (χ3n) is 5.16. The average molecular weight is 425 g/mol. The largest absolute Gasteiger partial charge is 0.496 e. The summed E-state index contributed by atoms with van der Waals surface area (Å²) in [4.78, 5) is 12.5. The van der Waals surface area contributed by atoms with Gasteiger partial charge in [-0.15, -0.1) is 0 Å². The topological polar surface area (TPSA) is 59.9 Å². The predicted octanol–water partition coefficient (Wildman–Crippen LogP) is 5.43. The van der Waals surface area contributed by atoms with Crippen LogP contribution in [0.15, 0.2) is 96.1 Å². The molecule has 0 radical (unpaired) electrons. The number of rotatable bonds is 7. The number of benzene rings is 4. The lowest BCUT2D eigenvalue weighted by Crippen LogP contribution is -2.33. The number of methoxy groups -OCH3 is 1. The van der Waals surface area contributed by atoms with E-state index in [0.29, 0.717) is 11.5 Å². The summed E-state index contributed by atoms with van der Waals surface area (Å²) >= 11 is 0. The first-order chi connectivity index (χ1) is 15.7. The van der Waals surface area contributed by atoms with Gasteiger partial charge in [0.25, 0.3) is 5.91 Å². The van der Waals surface area contributed by atoms with Gasteiger partial charge in [-0.2, -0.15) is 5.10 Å². The number of hydrogen-bond donors (Lipinski definition) is 1. The minimum atomic E-state index is -0.705. The van der Waals surface area contributed by atoms with E-state index in [-0.39, 0.29) is 5.91 Å². The van der Waals surface area contributed by atoms with Gasteiger partial charge >= 0.3 is 0 Å². The van der Waals surface area contributed by atoms with Crippen LogP contribution in [0, 0.1) is 0 Å². The van der Waals surface area contributed by atoms with Crippen LogP contribution in [0.2, 0.25) is 0 Å². The molecule has 5 heteroatoms. The number of hydrogen-bond acceptors (Lipinski definition) is 4. The fourth-order valence-corrected chi connectivity index (χ4v) is 3.45. The lowest BCUT2D eigenvalue weighted by molar-refractivity contribution is -0.127. The molecule has 0 saturated heterocycles. The summed E-state index contributed by atoms with van der Waals surface area (Å²) in [6.07, 6.45) is 0.893. The Bertz CT molecular complexity index is 1230. The molecule has 0 aliphatic carbocycles. The van der Waals surface area contributed by atoms with Gasteiger partial charge in [-0.3, -0.25) is 4.79 Å². The fraction of sp³-hybridized carbons (Fsp3) is 0.111. The van der Waals surface area contributed by atoms with Gasteiger partial charge in [-0.25, -0.2) is 5.43 Å². The van der Waals surface area contributed by atoms with Crippen molar-refractivity contribution in [3.05, 3.63) is 96.6 Å². The average Bonchev–Trinajstić information content (AvgIpc) is 2.85. The van der Waals surface area contributed by atoms with Crippen LogP contribution in [0.5, 0.6) is 11.5 Å². The van der Waals surface area contributed by atoms with E-state index in [9.17, 15) is 4.79 Å². The second-order valence-electron chi connectivity index (χ2n) is 7.29. The van der Waals surface area contributed by atoms with Crippen molar-refractivity contribution in [3.8, 4) is 22.6 Å². The van der Waals surface area contributed by atoms with Crippen molar-refractivity contribution in [2.75, 3.05) is 7.11 Å². The number of fused-ring (bicyclic) bond motifs is 1. The summed E-state index contributed by atoms with van der Waals surface area (Å²) < 4.78 is 11.2. The second kappa shape index (κ2) is 9.79. The van der Waals surface area contributed by atoms with Crippen LogP contribution in [-0.2, 0) is 4.79 Å². The summed E-state index contributed by atoms with van der Waals surface area (Å²) in [5.74, 6) is 0.962. The molecule has 0 aromatic heterocycles. The van der Waals surface area contributed by atoms with Crippen LogP contribution < -0.4 is 14.9 Å². The van der Waals surface area contributed by atoms with E-state index in [4.69, 9.17) is 9.47 Å². The molecule has 32 heavy (non-hydrogen) atoms. The number of carbonyl (C=O) groups is 1. The zero-order chi connectivity index (χ0) is 22.3. The SMILES string of the molecule is COc1ccc2ccccc2c1/C=N\NC(=O)[C@H](C)Oc1ccc(-c2ccccc2)cc1. The quantitative estimate of drug-likeness (QED) is 0.318. The van der Waals surface area contributed by atoms with E-state index >= 15 is 0 Å². The molecule has 0 saturated carbocycles. The van der Waals surface area contributed by atoms with E-state index in [1.54, 1.807) is 20.2 Å². The van der Waals surface area contributed by atoms with E-state index in [2.05, 4.69) is 22.7 Å². The first kappa shape index (κ1) is 21.1. The molecule has 0 aliphatic rings. The Morgan fingerprint density at radius 1 is 0.875 bits per heavy atom. The Morgan fingerprint density at radius 3 is 2.31 bits per heavy atom. The van der Waals surface area contributed by atoms with Crippen LogP contribution in [-0.4, -0.2) is 25.3 Å².